The molecule has 4 amide bonds. The lowest BCUT2D eigenvalue weighted by atomic mass is 10.0. The van der Waals surface area contributed by atoms with Crippen molar-refractivity contribution in [3.63, 3.8) is 0 Å². The Morgan fingerprint density at radius 2 is 1.16 bits per heavy atom. The fourth-order valence-corrected chi connectivity index (χ4v) is 5.78. The van der Waals surface area contributed by atoms with Gasteiger partial charge >= 0.3 is 12.2 Å². The predicted molar refractivity (Wildman–Crippen MR) is 162 cm³/mol. The van der Waals surface area contributed by atoms with E-state index in [2.05, 4.69) is 30.6 Å². The number of ether oxygens (including phenoxy) is 2. The molecule has 0 radical (unpaired) electrons. The molecule has 4 atom stereocenters. The molecule has 4 N–H and O–H groups in total. The maximum Gasteiger partial charge on any atom is 0.407 e. The van der Waals surface area contributed by atoms with Gasteiger partial charge in [-0.1, -0.05) is 27.7 Å². The highest BCUT2D eigenvalue weighted by Gasteiger charge is 2.38. The van der Waals surface area contributed by atoms with E-state index < -0.39 is 24.3 Å². The van der Waals surface area contributed by atoms with Gasteiger partial charge in [0, 0.05) is 13.1 Å². The maximum absolute atomic E-state index is 13.4. The number of alkyl carbamates (subject to hydrolysis) is 2. The zero-order valence-corrected chi connectivity index (χ0v) is 26.3. The number of nitrogens with one attached hydrogen (secondary N) is 4. The third kappa shape index (κ3) is 7.40. The SMILES string of the molecule is COC(=O)N[C@H](C(=O)N1CCC[C@@H]1c1ncc(C=Cc2cnc([C@H]3CCCN3C(=O)[C@@H](NC(=O)OC)C(C)C)[nH]2)[nH]1)C(C)C. The molecule has 2 aliphatic heterocycles. The Labute approximate surface area is 257 Å². The number of nitrogens with zero attached hydrogens (tertiary/aromatic N) is 4. The minimum Gasteiger partial charge on any atom is -0.453 e. The first-order valence-corrected chi connectivity index (χ1v) is 15.1. The number of carbonyl (C=O) groups is 4. The van der Waals surface area contributed by atoms with E-state index in [-0.39, 0.29) is 35.7 Å². The lowest BCUT2D eigenvalue weighted by molar-refractivity contribution is -0.136. The van der Waals surface area contributed by atoms with Gasteiger partial charge in [0.1, 0.15) is 23.7 Å². The number of rotatable bonds is 10. The van der Waals surface area contributed by atoms with Crippen LogP contribution in [0, 0.1) is 11.8 Å². The summed E-state index contributed by atoms with van der Waals surface area (Å²) >= 11 is 0. The number of hydrogen-bond acceptors (Lipinski definition) is 8. The largest absolute Gasteiger partial charge is 0.453 e. The molecule has 0 unspecified atom stereocenters. The highest BCUT2D eigenvalue weighted by molar-refractivity contribution is 5.87. The molecule has 4 heterocycles. The van der Waals surface area contributed by atoms with Crippen LogP contribution in [0.25, 0.3) is 12.2 Å². The number of amides is 4. The maximum atomic E-state index is 13.4. The van der Waals surface area contributed by atoms with Gasteiger partial charge in [0.2, 0.25) is 11.8 Å². The monoisotopic (exact) mass is 612 g/mol. The molecule has 4 rings (SSSR count). The van der Waals surface area contributed by atoms with Gasteiger partial charge in [-0.25, -0.2) is 19.6 Å². The fourth-order valence-electron chi connectivity index (χ4n) is 5.78. The molecule has 2 aliphatic rings. The molecule has 2 aromatic heterocycles. The Balaban J connectivity index is 1.42. The highest BCUT2D eigenvalue weighted by Crippen LogP contribution is 2.33. The molecule has 14 nitrogen and oxygen atoms in total. The van der Waals surface area contributed by atoms with E-state index in [1.807, 2.05) is 39.8 Å². The van der Waals surface area contributed by atoms with Gasteiger partial charge in [-0.2, -0.15) is 0 Å². The van der Waals surface area contributed by atoms with Gasteiger partial charge in [0.25, 0.3) is 0 Å². The van der Waals surface area contributed by atoms with E-state index in [1.54, 1.807) is 22.2 Å². The number of hydrogen-bond donors (Lipinski definition) is 4. The van der Waals surface area contributed by atoms with E-state index in [9.17, 15) is 19.2 Å². The van der Waals surface area contributed by atoms with Crippen LogP contribution in [0.5, 0.6) is 0 Å². The second-order valence-corrected chi connectivity index (χ2v) is 11.9. The molecule has 14 heteroatoms. The summed E-state index contributed by atoms with van der Waals surface area (Å²) in [6, 6.07) is -1.84. The number of H-pyrrole nitrogens is 2. The van der Waals surface area contributed by atoms with Crippen LogP contribution in [0.3, 0.4) is 0 Å². The Hall–Kier alpha value is -4.36. The van der Waals surface area contributed by atoms with Gasteiger partial charge in [-0.05, 0) is 49.7 Å². The standard InChI is InChI=1S/C30H44N8O6/c1-17(2)23(35-29(41)43-5)27(39)37-13-7-9-21(37)25-31-15-19(33-25)11-12-20-16-32-26(34-20)22-10-8-14-38(22)28(40)24(18(3)4)36-30(42)44-6/h11-12,15-18,21-24H,7-10,13-14H2,1-6H3,(H,31,33)(H,32,34)(H,35,41)(H,36,42)/t21-,22-,23+,24+/m1/s1. The van der Waals surface area contributed by atoms with E-state index in [1.165, 1.54) is 14.2 Å². The lowest BCUT2D eigenvalue weighted by Gasteiger charge is -2.30. The summed E-state index contributed by atoms with van der Waals surface area (Å²) in [6.45, 7) is 8.69. The van der Waals surface area contributed by atoms with Crippen LogP contribution in [0.2, 0.25) is 0 Å². The molecule has 0 aromatic carbocycles. The zero-order valence-electron chi connectivity index (χ0n) is 26.3. The van der Waals surface area contributed by atoms with Crippen molar-refractivity contribution < 1.29 is 28.7 Å². The summed E-state index contributed by atoms with van der Waals surface area (Å²) in [4.78, 5) is 69.7. The van der Waals surface area contributed by atoms with Crippen molar-refractivity contribution in [2.45, 2.75) is 77.5 Å². The summed E-state index contributed by atoms with van der Waals surface area (Å²) in [5.41, 5.74) is 1.52. The molecule has 2 saturated heterocycles. The van der Waals surface area contributed by atoms with Gasteiger partial charge in [0.15, 0.2) is 0 Å². The zero-order chi connectivity index (χ0) is 32.0. The van der Waals surface area contributed by atoms with E-state index in [0.717, 1.165) is 37.1 Å². The molecule has 2 aromatic rings. The third-order valence-electron chi connectivity index (χ3n) is 8.16. The van der Waals surface area contributed by atoms with E-state index in [0.29, 0.717) is 24.7 Å². The lowest BCUT2D eigenvalue weighted by Crippen LogP contribution is -2.51. The number of carbonyl (C=O) groups excluding carboxylic acids is 4. The van der Waals surface area contributed by atoms with Gasteiger partial charge in [-0.3, -0.25) is 9.59 Å². The van der Waals surface area contributed by atoms with Crippen molar-refractivity contribution in [1.29, 1.82) is 0 Å². The Kier molecular flexibility index (Phi) is 10.7. The molecular weight excluding hydrogens is 568 g/mol. The third-order valence-corrected chi connectivity index (χ3v) is 8.16. The Morgan fingerprint density at radius 3 is 1.50 bits per heavy atom. The second-order valence-electron chi connectivity index (χ2n) is 11.9. The van der Waals surface area contributed by atoms with E-state index in [4.69, 9.17) is 9.47 Å². The smallest absolute Gasteiger partial charge is 0.407 e. The number of aromatic nitrogens is 4. The van der Waals surface area contributed by atoms with Gasteiger partial charge < -0.3 is 39.9 Å². The summed E-state index contributed by atoms with van der Waals surface area (Å²) in [5, 5.41) is 5.33. The van der Waals surface area contributed by atoms with Crippen molar-refractivity contribution in [2.75, 3.05) is 27.3 Å². The quantitative estimate of drug-likeness (QED) is 0.316. The van der Waals surface area contributed by atoms with Crippen molar-refractivity contribution in [1.82, 2.24) is 40.4 Å². The van der Waals surface area contributed by atoms with Crippen molar-refractivity contribution in [2.24, 2.45) is 11.8 Å². The Bertz CT molecular complexity index is 1250. The number of methoxy groups -OCH3 is 2. The minimum atomic E-state index is -0.696. The molecule has 0 saturated carbocycles. The van der Waals surface area contributed by atoms with Crippen LogP contribution in [0.4, 0.5) is 9.59 Å². The van der Waals surface area contributed by atoms with Crippen molar-refractivity contribution >= 4 is 36.2 Å². The normalized spacial score (nSPS) is 19.9. The van der Waals surface area contributed by atoms with Crippen LogP contribution in [0.1, 0.15) is 88.5 Å². The first-order chi connectivity index (χ1) is 21.0. The van der Waals surface area contributed by atoms with Gasteiger partial charge in [0.05, 0.1) is 50.1 Å². The van der Waals surface area contributed by atoms with Crippen LogP contribution < -0.4 is 10.6 Å². The van der Waals surface area contributed by atoms with Crippen LogP contribution in [-0.2, 0) is 19.1 Å². The molecule has 0 bridgehead atoms. The molecule has 44 heavy (non-hydrogen) atoms. The topological polar surface area (TPSA) is 175 Å². The first-order valence-electron chi connectivity index (χ1n) is 15.1. The number of likely N-dealkylation sites (tertiary alicyclic amines) is 2. The molecule has 240 valence electrons. The fraction of sp³-hybridized carbons (Fsp3) is 0.600. The molecule has 0 spiro atoms. The first kappa shape index (κ1) is 32.6. The summed E-state index contributed by atoms with van der Waals surface area (Å²) in [6.07, 6.45) is 9.10. The second kappa shape index (κ2) is 14.4. The summed E-state index contributed by atoms with van der Waals surface area (Å²) < 4.78 is 9.43. The summed E-state index contributed by atoms with van der Waals surface area (Å²) in [7, 11) is 2.55. The van der Waals surface area contributed by atoms with Crippen molar-refractivity contribution in [3.05, 3.63) is 35.4 Å². The Morgan fingerprint density at radius 1 is 0.773 bits per heavy atom. The molecular formula is C30H44N8O6. The number of imidazole rings is 2. The average molecular weight is 613 g/mol. The van der Waals surface area contributed by atoms with Crippen LogP contribution in [-0.4, -0.2) is 93.1 Å². The van der Waals surface area contributed by atoms with Crippen LogP contribution >= 0.6 is 0 Å². The molecule has 2 fully saturated rings. The highest BCUT2D eigenvalue weighted by atomic mass is 16.5. The van der Waals surface area contributed by atoms with Crippen LogP contribution in [0.15, 0.2) is 12.4 Å². The van der Waals surface area contributed by atoms with E-state index >= 15 is 0 Å². The number of aromatic amines is 2. The summed E-state index contributed by atoms with van der Waals surface area (Å²) in [5.74, 6) is 0.821. The predicted octanol–water partition coefficient (Wildman–Crippen LogP) is 3.39. The van der Waals surface area contributed by atoms with Gasteiger partial charge in [-0.15, -0.1) is 0 Å². The molecule has 0 aliphatic carbocycles. The van der Waals surface area contributed by atoms with Crippen molar-refractivity contribution in [3.8, 4) is 0 Å². The minimum absolute atomic E-state index is 0.111. The average Bonchev–Trinajstić information content (AvgIpc) is 3.82.